The van der Waals surface area contributed by atoms with Crippen LogP contribution in [-0.2, 0) is 11.2 Å². The number of benzene rings is 2. The number of carbonyl (C=O) groups excluding carboxylic acids is 1. The summed E-state index contributed by atoms with van der Waals surface area (Å²) in [5.74, 6) is -1.48. The van der Waals surface area contributed by atoms with Crippen LogP contribution in [0.4, 0.5) is 5.69 Å². The second-order valence-electron chi connectivity index (χ2n) is 6.15. The average Bonchev–Trinajstić information content (AvgIpc) is 2.67. The van der Waals surface area contributed by atoms with Crippen molar-refractivity contribution in [1.82, 2.24) is 4.98 Å². The van der Waals surface area contributed by atoms with E-state index in [2.05, 4.69) is 10.3 Å². The molecular formula is C21H17ClN2O4. The highest BCUT2D eigenvalue weighted by Gasteiger charge is 2.13. The van der Waals surface area contributed by atoms with Crippen molar-refractivity contribution in [3.05, 3.63) is 76.9 Å². The molecule has 0 radical (unpaired) electrons. The summed E-state index contributed by atoms with van der Waals surface area (Å²) < 4.78 is 0. The van der Waals surface area contributed by atoms with Gasteiger partial charge in [0.05, 0.1) is 11.3 Å². The third kappa shape index (κ3) is 4.86. The fourth-order valence-electron chi connectivity index (χ4n) is 2.74. The number of carboxylic acids is 1. The molecule has 1 heterocycles. The number of pyridine rings is 1. The fraction of sp³-hybridized carbons (Fsp3) is 0.0952. The van der Waals surface area contributed by atoms with Crippen LogP contribution in [0.1, 0.15) is 22.3 Å². The number of halogens is 1. The highest BCUT2D eigenvalue weighted by atomic mass is 35.5. The Morgan fingerprint density at radius 2 is 1.86 bits per heavy atom. The van der Waals surface area contributed by atoms with Gasteiger partial charge in [0, 0.05) is 29.3 Å². The second-order valence-corrected chi connectivity index (χ2v) is 6.59. The zero-order valence-electron chi connectivity index (χ0n) is 14.7. The summed E-state index contributed by atoms with van der Waals surface area (Å²) >= 11 is 5.90. The standard InChI is InChI=1S/C21H17ClN2O4/c22-16-6-7-17(21(27)28)18(11-16)24-20(26)8-4-13-2-1-3-14(10-13)15-5-9-19(25)23-12-15/h1-3,5-7,9-12H,4,8H2,(H,23,25)(H,24,26)(H,27,28). The molecule has 0 aliphatic rings. The van der Waals surface area contributed by atoms with E-state index in [0.29, 0.717) is 11.4 Å². The van der Waals surface area contributed by atoms with E-state index in [1.807, 2.05) is 24.3 Å². The van der Waals surface area contributed by atoms with Crippen molar-refractivity contribution < 1.29 is 19.8 Å². The summed E-state index contributed by atoms with van der Waals surface area (Å²) in [7, 11) is 0. The maximum Gasteiger partial charge on any atom is 0.337 e. The maximum absolute atomic E-state index is 12.3. The molecular weight excluding hydrogens is 380 g/mol. The van der Waals surface area contributed by atoms with Gasteiger partial charge >= 0.3 is 5.97 Å². The number of aromatic carboxylic acids is 1. The predicted octanol–water partition coefficient (Wildman–Crippen LogP) is 4.38. The Morgan fingerprint density at radius 1 is 1.04 bits per heavy atom. The third-order valence-electron chi connectivity index (χ3n) is 4.14. The quantitative estimate of drug-likeness (QED) is 0.574. The second kappa shape index (κ2) is 8.54. The molecule has 3 aromatic rings. The zero-order valence-corrected chi connectivity index (χ0v) is 15.5. The van der Waals surface area contributed by atoms with Gasteiger partial charge in [-0.05, 0) is 41.8 Å². The molecule has 28 heavy (non-hydrogen) atoms. The zero-order chi connectivity index (χ0) is 20.1. The van der Waals surface area contributed by atoms with Gasteiger partial charge in [-0.2, -0.15) is 0 Å². The van der Waals surface area contributed by atoms with Crippen molar-refractivity contribution in [3.63, 3.8) is 0 Å². The lowest BCUT2D eigenvalue weighted by Crippen LogP contribution is -2.15. The van der Waals surface area contributed by atoms with Gasteiger partial charge in [-0.15, -0.1) is 0 Å². The average molecular weight is 397 g/mol. The minimum Gasteiger partial charge on any atom is -0.493 e. The summed E-state index contributed by atoms with van der Waals surface area (Å²) in [5, 5.41) is 21.5. The molecule has 1 amide bonds. The molecule has 0 spiro atoms. The minimum atomic E-state index is -1.14. The normalized spacial score (nSPS) is 10.5. The van der Waals surface area contributed by atoms with Crippen LogP contribution in [0.5, 0.6) is 5.88 Å². The number of aromatic hydroxyl groups is 1. The van der Waals surface area contributed by atoms with Crippen LogP contribution in [0, 0.1) is 0 Å². The Balaban J connectivity index is 1.67. The number of hydrogen-bond acceptors (Lipinski definition) is 4. The van der Waals surface area contributed by atoms with Crippen LogP contribution in [-0.4, -0.2) is 27.1 Å². The molecule has 6 nitrogen and oxygen atoms in total. The van der Waals surface area contributed by atoms with Gasteiger partial charge in [-0.1, -0.05) is 35.9 Å². The van der Waals surface area contributed by atoms with Crippen LogP contribution >= 0.6 is 11.6 Å². The van der Waals surface area contributed by atoms with Gasteiger partial charge in [0.1, 0.15) is 0 Å². The number of aromatic nitrogens is 1. The largest absolute Gasteiger partial charge is 0.493 e. The Hall–Kier alpha value is -3.38. The van der Waals surface area contributed by atoms with Crippen LogP contribution < -0.4 is 5.32 Å². The maximum atomic E-state index is 12.3. The van der Waals surface area contributed by atoms with E-state index in [9.17, 15) is 19.8 Å². The summed E-state index contributed by atoms with van der Waals surface area (Å²) in [6.45, 7) is 0. The molecule has 2 aromatic carbocycles. The van der Waals surface area contributed by atoms with E-state index in [1.54, 1.807) is 12.3 Å². The molecule has 0 fully saturated rings. The number of nitrogens with zero attached hydrogens (tertiary/aromatic N) is 1. The number of aryl methyl sites for hydroxylation is 1. The minimum absolute atomic E-state index is 0.0143. The highest BCUT2D eigenvalue weighted by molar-refractivity contribution is 6.31. The lowest BCUT2D eigenvalue weighted by atomic mass is 10.0. The number of carboxylic acid groups (broad SMARTS) is 1. The molecule has 0 atom stereocenters. The molecule has 3 rings (SSSR count). The molecule has 0 bridgehead atoms. The third-order valence-corrected chi connectivity index (χ3v) is 4.37. The summed E-state index contributed by atoms with van der Waals surface area (Å²) in [4.78, 5) is 27.4. The van der Waals surface area contributed by atoms with Crippen molar-refractivity contribution >= 4 is 29.2 Å². The number of carbonyl (C=O) groups is 2. The van der Waals surface area contributed by atoms with E-state index in [4.69, 9.17) is 11.6 Å². The van der Waals surface area contributed by atoms with Crippen molar-refractivity contribution in [2.45, 2.75) is 12.8 Å². The van der Waals surface area contributed by atoms with Gasteiger partial charge in [0.25, 0.3) is 0 Å². The van der Waals surface area contributed by atoms with Gasteiger partial charge in [0.15, 0.2) is 0 Å². The molecule has 1 aromatic heterocycles. The van der Waals surface area contributed by atoms with Crippen molar-refractivity contribution in [3.8, 4) is 17.0 Å². The lowest BCUT2D eigenvalue weighted by Gasteiger charge is -2.10. The SMILES string of the molecule is O=C(CCc1cccc(-c2ccc(O)nc2)c1)Nc1cc(Cl)ccc1C(=O)O. The molecule has 3 N–H and O–H groups in total. The van der Waals surface area contributed by atoms with Gasteiger partial charge in [-0.3, -0.25) is 4.79 Å². The lowest BCUT2D eigenvalue weighted by molar-refractivity contribution is -0.116. The molecule has 0 saturated carbocycles. The number of rotatable bonds is 6. The van der Waals surface area contributed by atoms with Gasteiger partial charge in [0.2, 0.25) is 11.8 Å². The Labute approximate surface area is 166 Å². The highest BCUT2D eigenvalue weighted by Crippen LogP contribution is 2.23. The molecule has 0 saturated heterocycles. The summed E-state index contributed by atoms with van der Waals surface area (Å²) in [6, 6.07) is 15.2. The van der Waals surface area contributed by atoms with Crippen LogP contribution in [0.15, 0.2) is 60.8 Å². The fourth-order valence-corrected chi connectivity index (χ4v) is 2.91. The number of anilines is 1. The van der Waals surface area contributed by atoms with Gasteiger partial charge < -0.3 is 15.5 Å². The van der Waals surface area contributed by atoms with E-state index < -0.39 is 5.97 Å². The van der Waals surface area contributed by atoms with Crippen LogP contribution in [0.3, 0.4) is 0 Å². The van der Waals surface area contributed by atoms with Crippen LogP contribution in [0.25, 0.3) is 11.1 Å². The monoisotopic (exact) mass is 396 g/mol. The molecule has 7 heteroatoms. The molecule has 0 aliphatic carbocycles. The first-order chi connectivity index (χ1) is 13.4. The first-order valence-electron chi connectivity index (χ1n) is 8.49. The summed E-state index contributed by atoms with van der Waals surface area (Å²) in [6.07, 6.45) is 2.24. The van der Waals surface area contributed by atoms with Gasteiger partial charge in [-0.25, -0.2) is 9.78 Å². The van der Waals surface area contributed by atoms with Crippen LogP contribution in [0.2, 0.25) is 5.02 Å². The molecule has 0 unspecified atom stereocenters. The first-order valence-corrected chi connectivity index (χ1v) is 8.87. The van der Waals surface area contributed by atoms with Crippen molar-refractivity contribution in [1.29, 1.82) is 0 Å². The molecule has 0 aliphatic heterocycles. The number of hydrogen-bond donors (Lipinski definition) is 3. The van der Waals surface area contributed by atoms with E-state index in [1.165, 1.54) is 24.3 Å². The predicted molar refractivity (Wildman–Crippen MR) is 107 cm³/mol. The van der Waals surface area contributed by atoms with Crippen molar-refractivity contribution in [2.24, 2.45) is 0 Å². The number of amides is 1. The molecule has 142 valence electrons. The summed E-state index contributed by atoms with van der Waals surface area (Å²) in [5.41, 5.74) is 2.89. The Morgan fingerprint density at radius 3 is 2.57 bits per heavy atom. The Kier molecular flexibility index (Phi) is 5.91. The topological polar surface area (TPSA) is 99.5 Å². The van der Waals surface area contributed by atoms with E-state index >= 15 is 0 Å². The Bertz CT molecular complexity index is 1020. The van der Waals surface area contributed by atoms with Crippen molar-refractivity contribution in [2.75, 3.05) is 5.32 Å². The first kappa shape index (κ1) is 19.4. The smallest absolute Gasteiger partial charge is 0.337 e. The number of nitrogens with one attached hydrogen (secondary N) is 1. The van der Waals surface area contributed by atoms with E-state index in [-0.39, 0.29) is 29.5 Å². The van der Waals surface area contributed by atoms with E-state index in [0.717, 1.165) is 16.7 Å².